The van der Waals surface area contributed by atoms with Gasteiger partial charge in [0.2, 0.25) is 0 Å². The topological polar surface area (TPSA) is 34.1 Å². The zero-order chi connectivity index (χ0) is 11.8. The minimum Gasteiger partial charge on any atom is -0.375 e. The van der Waals surface area contributed by atoms with Crippen molar-refractivity contribution in [2.75, 3.05) is 19.8 Å². The van der Waals surface area contributed by atoms with Gasteiger partial charge < -0.3 is 10.1 Å². The lowest BCUT2D eigenvalue weighted by molar-refractivity contribution is 0.0187. The second-order valence-corrected chi connectivity index (χ2v) is 4.17. The van der Waals surface area contributed by atoms with Crippen LogP contribution in [0, 0.1) is 0 Å². The van der Waals surface area contributed by atoms with E-state index < -0.39 is 13.0 Å². The molecule has 0 radical (unpaired) electrons. The molecule has 0 amide bonds. The molecule has 1 rings (SSSR count). The highest BCUT2D eigenvalue weighted by molar-refractivity contribution is 7.09. The molecule has 0 unspecified atom stereocenters. The Balaban J connectivity index is 2.19. The van der Waals surface area contributed by atoms with Crippen molar-refractivity contribution in [2.24, 2.45) is 0 Å². The van der Waals surface area contributed by atoms with Crippen LogP contribution in [0.2, 0.25) is 0 Å². The van der Waals surface area contributed by atoms with Crippen molar-refractivity contribution in [3.05, 3.63) is 16.1 Å². The van der Waals surface area contributed by atoms with Crippen LogP contribution in [0.15, 0.2) is 5.38 Å². The van der Waals surface area contributed by atoms with Crippen LogP contribution in [-0.4, -0.2) is 31.2 Å². The molecule has 0 atom stereocenters. The molecule has 0 aliphatic heterocycles. The first-order chi connectivity index (χ1) is 7.72. The van der Waals surface area contributed by atoms with Crippen molar-refractivity contribution in [1.29, 1.82) is 0 Å². The van der Waals surface area contributed by atoms with E-state index in [-0.39, 0.29) is 0 Å². The summed E-state index contributed by atoms with van der Waals surface area (Å²) < 4.78 is 28.3. The smallest absolute Gasteiger partial charge is 0.261 e. The highest BCUT2D eigenvalue weighted by Gasteiger charge is 2.04. The van der Waals surface area contributed by atoms with Gasteiger partial charge in [-0.25, -0.2) is 13.8 Å². The van der Waals surface area contributed by atoms with Gasteiger partial charge in [0.05, 0.1) is 17.3 Å². The van der Waals surface area contributed by atoms with Gasteiger partial charge in [0.1, 0.15) is 6.61 Å². The molecular formula is C10H16F2N2OS. The lowest BCUT2D eigenvalue weighted by Crippen LogP contribution is -2.12. The zero-order valence-corrected chi connectivity index (χ0v) is 10.0. The van der Waals surface area contributed by atoms with Crippen molar-refractivity contribution >= 4 is 11.3 Å². The molecule has 0 bridgehead atoms. The number of ether oxygens (including phenoxy) is 1. The molecule has 6 heteroatoms. The number of nitrogens with zero attached hydrogens (tertiary/aromatic N) is 1. The Bertz CT molecular complexity index is 294. The number of alkyl halides is 2. The molecule has 0 aliphatic rings. The minimum absolute atomic E-state index is 0.304. The maximum absolute atomic E-state index is 11.8. The molecule has 0 saturated carbocycles. The van der Waals surface area contributed by atoms with Crippen LogP contribution < -0.4 is 5.32 Å². The Morgan fingerprint density at radius 1 is 1.56 bits per heavy atom. The average molecular weight is 250 g/mol. The maximum atomic E-state index is 11.8. The van der Waals surface area contributed by atoms with E-state index in [2.05, 4.69) is 10.3 Å². The summed E-state index contributed by atoms with van der Waals surface area (Å²) in [6.45, 7) is 3.51. The van der Waals surface area contributed by atoms with E-state index in [0.29, 0.717) is 13.0 Å². The lowest BCUT2D eigenvalue weighted by atomic mass is 10.4. The van der Waals surface area contributed by atoms with Crippen LogP contribution in [0.4, 0.5) is 8.78 Å². The molecule has 0 fully saturated rings. The van der Waals surface area contributed by atoms with Crippen molar-refractivity contribution < 1.29 is 13.5 Å². The van der Waals surface area contributed by atoms with Gasteiger partial charge in [0, 0.05) is 18.3 Å². The van der Waals surface area contributed by atoms with Crippen LogP contribution in [0.25, 0.3) is 0 Å². The quantitative estimate of drug-likeness (QED) is 0.717. The summed E-state index contributed by atoms with van der Waals surface area (Å²) in [7, 11) is 0. The third kappa shape index (κ3) is 5.48. The summed E-state index contributed by atoms with van der Waals surface area (Å²) in [6, 6.07) is 0. The minimum atomic E-state index is -2.39. The Hall–Kier alpha value is -0.590. The van der Waals surface area contributed by atoms with Gasteiger partial charge in [-0.1, -0.05) is 6.92 Å². The number of hydrogen-bond donors (Lipinski definition) is 1. The van der Waals surface area contributed by atoms with Gasteiger partial charge in [0.15, 0.2) is 0 Å². The Kier molecular flexibility index (Phi) is 6.44. The largest absolute Gasteiger partial charge is 0.375 e. The number of aromatic nitrogens is 1. The molecule has 92 valence electrons. The summed E-state index contributed by atoms with van der Waals surface area (Å²) in [5, 5.41) is 6.08. The fourth-order valence-electron chi connectivity index (χ4n) is 1.13. The number of halogens is 2. The number of rotatable bonds is 8. The van der Waals surface area contributed by atoms with Gasteiger partial charge in [-0.05, 0) is 6.54 Å². The van der Waals surface area contributed by atoms with Crippen LogP contribution >= 0.6 is 11.3 Å². The van der Waals surface area contributed by atoms with Gasteiger partial charge in [-0.3, -0.25) is 0 Å². The standard InChI is InChI=1S/C10H16F2N2OS/c1-2-13-5-8-7-16-10(14-8)3-4-15-6-9(11)12/h7,9,13H,2-6H2,1H3. The highest BCUT2D eigenvalue weighted by Crippen LogP contribution is 2.10. The first kappa shape index (κ1) is 13.5. The monoisotopic (exact) mass is 250 g/mol. The van der Waals surface area contributed by atoms with E-state index in [0.717, 1.165) is 23.8 Å². The average Bonchev–Trinajstić information content (AvgIpc) is 2.69. The molecular weight excluding hydrogens is 234 g/mol. The molecule has 0 aliphatic carbocycles. The van der Waals surface area contributed by atoms with Gasteiger partial charge in [0.25, 0.3) is 6.43 Å². The fraction of sp³-hybridized carbons (Fsp3) is 0.700. The van der Waals surface area contributed by atoms with E-state index in [9.17, 15) is 8.78 Å². The van der Waals surface area contributed by atoms with Crippen LogP contribution in [0.1, 0.15) is 17.6 Å². The molecule has 1 aromatic rings. The Labute approximate surface area is 97.8 Å². The molecule has 0 spiro atoms. The van der Waals surface area contributed by atoms with Crippen molar-refractivity contribution in [1.82, 2.24) is 10.3 Å². The van der Waals surface area contributed by atoms with E-state index in [1.165, 1.54) is 0 Å². The SMILES string of the molecule is CCNCc1csc(CCOCC(F)F)n1. The number of nitrogens with one attached hydrogen (secondary N) is 1. The maximum Gasteiger partial charge on any atom is 0.261 e. The Morgan fingerprint density at radius 3 is 3.06 bits per heavy atom. The predicted molar refractivity (Wildman–Crippen MR) is 60.0 cm³/mol. The van der Waals surface area contributed by atoms with Gasteiger partial charge >= 0.3 is 0 Å². The van der Waals surface area contributed by atoms with Gasteiger partial charge in [-0.2, -0.15) is 0 Å². The van der Waals surface area contributed by atoms with Crippen molar-refractivity contribution in [3.8, 4) is 0 Å². The number of hydrogen-bond acceptors (Lipinski definition) is 4. The molecule has 0 aromatic carbocycles. The fourth-order valence-corrected chi connectivity index (χ4v) is 1.91. The van der Waals surface area contributed by atoms with E-state index >= 15 is 0 Å². The summed E-state index contributed by atoms with van der Waals surface area (Å²) >= 11 is 1.54. The number of thiazole rings is 1. The van der Waals surface area contributed by atoms with Gasteiger partial charge in [-0.15, -0.1) is 11.3 Å². The highest BCUT2D eigenvalue weighted by atomic mass is 32.1. The predicted octanol–water partition coefficient (Wildman–Crippen LogP) is 2.08. The molecule has 0 saturated heterocycles. The zero-order valence-electron chi connectivity index (χ0n) is 9.21. The Morgan fingerprint density at radius 2 is 2.38 bits per heavy atom. The summed E-state index contributed by atoms with van der Waals surface area (Å²) in [4.78, 5) is 4.35. The summed E-state index contributed by atoms with van der Waals surface area (Å²) in [6.07, 6.45) is -1.79. The van der Waals surface area contributed by atoms with Crippen molar-refractivity contribution in [3.63, 3.8) is 0 Å². The van der Waals surface area contributed by atoms with Crippen LogP contribution in [0.5, 0.6) is 0 Å². The lowest BCUT2D eigenvalue weighted by Gasteiger charge is -2.00. The molecule has 1 N–H and O–H groups in total. The van der Waals surface area contributed by atoms with Crippen molar-refractivity contribution in [2.45, 2.75) is 26.3 Å². The third-order valence-corrected chi connectivity index (χ3v) is 2.82. The summed E-state index contributed by atoms with van der Waals surface area (Å²) in [5.41, 5.74) is 0.996. The molecule has 1 aromatic heterocycles. The second-order valence-electron chi connectivity index (χ2n) is 3.23. The second kappa shape index (κ2) is 7.65. The van der Waals surface area contributed by atoms with E-state index in [1.807, 2.05) is 12.3 Å². The van der Waals surface area contributed by atoms with E-state index in [4.69, 9.17) is 4.74 Å². The first-order valence-electron chi connectivity index (χ1n) is 5.22. The summed E-state index contributed by atoms with van der Waals surface area (Å²) in [5.74, 6) is 0. The molecule has 3 nitrogen and oxygen atoms in total. The van der Waals surface area contributed by atoms with E-state index in [1.54, 1.807) is 11.3 Å². The normalized spacial score (nSPS) is 11.2. The molecule has 1 heterocycles. The molecule has 16 heavy (non-hydrogen) atoms. The first-order valence-corrected chi connectivity index (χ1v) is 6.10. The van der Waals surface area contributed by atoms with Crippen LogP contribution in [0.3, 0.4) is 0 Å². The third-order valence-electron chi connectivity index (χ3n) is 1.86. The van der Waals surface area contributed by atoms with Crippen LogP contribution in [-0.2, 0) is 17.7 Å².